The zero-order valence-corrected chi connectivity index (χ0v) is 18.5. The van der Waals surface area contributed by atoms with Gasteiger partial charge in [0, 0.05) is 20.3 Å². The summed E-state index contributed by atoms with van der Waals surface area (Å²) in [6, 6.07) is 22.5. The molecule has 0 saturated carbocycles. The first-order chi connectivity index (χ1) is 14.5. The summed E-state index contributed by atoms with van der Waals surface area (Å²) >= 11 is 5.08. The zero-order chi connectivity index (χ0) is 21.3. The fraction of sp³-hybridized carbons (Fsp3) is 0.0833. The molecule has 0 aliphatic carbocycles. The number of carbonyl (C=O) groups is 1. The lowest BCUT2D eigenvalue weighted by atomic mass is 9.96. The van der Waals surface area contributed by atoms with Gasteiger partial charge in [0.05, 0.1) is 6.54 Å². The average Bonchev–Trinajstić information content (AvgIpc) is 2.76. The first-order valence-corrected chi connectivity index (χ1v) is 11.3. The lowest BCUT2D eigenvalue weighted by Gasteiger charge is -2.18. The van der Waals surface area contributed by atoms with Crippen molar-refractivity contribution in [2.75, 3.05) is 6.26 Å². The van der Waals surface area contributed by atoms with Gasteiger partial charge in [0.15, 0.2) is 0 Å². The van der Waals surface area contributed by atoms with Crippen LogP contribution in [-0.4, -0.2) is 21.9 Å². The molecule has 0 unspecified atom stereocenters. The number of carboxylic acids is 1. The van der Waals surface area contributed by atoms with Crippen molar-refractivity contribution in [3.63, 3.8) is 0 Å². The average molecular weight is 480 g/mol. The maximum Gasteiger partial charge on any atom is 0.353 e. The summed E-state index contributed by atoms with van der Waals surface area (Å²) in [4.78, 5) is 26.9. The summed E-state index contributed by atoms with van der Waals surface area (Å²) in [6.07, 6.45) is 2.00. The van der Waals surface area contributed by atoms with Crippen LogP contribution in [-0.2, 0) is 6.54 Å². The Bertz CT molecular complexity index is 1300. The van der Waals surface area contributed by atoms with Gasteiger partial charge in [-0.2, -0.15) is 0 Å². The van der Waals surface area contributed by atoms with Crippen LogP contribution in [0.4, 0.5) is 0 Å². The van der Waals surface area contributed by atoms with Crippen LogP contribution in [0.5, 0.6) is 0 Å². The summed E-state index contributed by atoms with van der Waals surface area (Å²) in [5.41, 5.74) is 1.84. The van der Waals surface area contributed by atoms with Crippen LogP contribution in [0.15, 0.2) is 87.0 Å². The highest BCUT2D eigenvalue weighted by Gasteiger charge is 2.23. The molecule has 0 radical (unpaired) electrons. The van der Waals surface area contributed by atoms with E-state index in [1.54, 1.807) is 23.9 Å². The van der Waals surface area contributed by atoms with Gasteiger partial charge in [-0.05, 0) is 53.1 Å². The maximum atomic E-state index is 13.4. The van der Waals surface area contributed by atoms with Crippen molar-refractivity contribution in [2.24, 2.45) is 0 Å². The number of carboxylic acid groups (broad SMARTS) is 1. The van der Waals surface area contributed by atoms with E-state index in [9.17, 15) is 14.7 Å². The number of aromatic nitrogens is 1. The molecular weight excluding hydrogens is 462 g/mol. The minimum atomic E-state index is -1.13. The van der Waals surface area contributed by atoms with Crippen LogP contribution in [0, 0.1) is 0 Å². The molecule has 3 aromatic carbocycles. The monoisotopic (exact) mass is 479 g/mol. The molecule has 0 aliphatic rings. The van der Waals surface area contributed by atoms with E-state index in [4.69, 9.17) is 0 Å². The highest BCUT2D eigenvalue weighted by molar-refractivity contribution is 9.10. The number of halogens is 1. The van der Waals surface area contributed by atoms with Gasteiger partial charge in [0.25, 0.3) is 5.56 Å². The van der Waals surface area contributed by atoms with Gasteiger partial charge in [-0.3, -0.25) is 9.36 Å². The molecule has 0 fully saturated rings. The van der Waals surface area contributed by atoms with Crippen LogP contribution < -0.4 is 5.56 Å². The molecule has 4 nitrogen and oxygen atoms in total. The minimum Gasteiger partial charge on any atom is -0.477 e. The summed E-state index contributed by atoms with van der Waals surface area (Å²) in [6.45, 7) is 0.182. The predicted molar refractivity (Wildman–Crippen MR) is 126 cm³/mol. The third kappa shape index (κ3) is 3.80. The molecule has 0 atom stereocenters. The maximum absolute atomic E-state index is 13.4. The van der Waals surface area contributed by atoms with Crippen LogP contribution in [0.3, 0.4) is 0 Å². The van der Waals surface area contributed by atoms with Crippen LogP contribution in [0.2, 0.25) is 0 Å². The highest BCUT2D eigenvalue weighted by Crippen LogP contribution is 2.33. The number of fused-ring (bicyclic) bond motifs is 1. The van der Waals surface area contributed by atoms with Crippen molar-refractivity contribution in [3.8, 4) is 11.1 Å². The molecule has 30 heavy (non-hydrogen) atoms. The zero-order valence-electron chi connectivity index (χ0n) is 16.1. The summed E-state index contributed by atoms with van der Waals surface area (Å²) < 4.78 is 2.16. The summed E-state index contributed by atoms with van der Waals surface area (Å²) in [7, 11) is 0. The Hall–Kier alpha value is -2.83. The molecular formula is C24H18BrNO3S. The van der Waals surface area contributed by atoms with Gasteiger partial charge in [-0.15, -0.1) is 11.8 Å². The van der Waals surface area contributed by atoms with Crippen molar-refractivity contribution in [3.05, 3.63) is 98.9 Å². The van der Waals surface area contributed by atoms with E-state index in [1.165, 1.54) is 4.57 Å². The number of thioether (sulfide) groups is 1. The number of rotatable bonds is 5. The topological polar surface area (TPSA) is 59.3 Å². The van der Waals surface area contributed by atoms with Gasteiger partial charge in [-0.25, -0.2) is 4.79 Å². The lowest BCUT2D eigenvalue weighted by Crippen LogP contribution is -2.28. The van der Waals surface area contributed by atoms with Crippen LogP contribution in [0.25, 0.3) is 21.9 Å². The molecule has 6 heteroatoms. The van der Waals surface area contributed by atoms with Crippen molar-refractivity contribution >= 4 is 44.4 Å². The Balaban J connectivity index is 2.05. The van der Waals surface area contributed by atoms with E-state index >= 15 is 0 Å². The molecule has 1 N–H and O–H groups in total. The predicted octanol–water partition coefficient (Wildman–Crippen LogP) is 5.90. The Morgan fingerprint density at radius 2 is 1.70 bits per heavy atom. The smallest absolute Gasteiger partial charge is 0.353 e. The molecule has 0 aliphatic heterocycles. The fourth-order valence-electron chi connectivity index (χ4n) is 3.60. The Kier molecular flexibility index (Phi) is 5.79. The van der Waals surface area contributed by atoms with Crippen molar-refractivity contribution in [1.82, 2.24) is 4.57 Å². The number of nitrogens with zero attached hydrogens (tertiary/aromatic N) is 1. The number of benzene rings is 3. The molecule has 0 bridgehead atoms. The molecule has 0 saturated heterocycles. The largest absolute Gasteiger partial charge is 0.477 e. The standard InChI is InChI=1S/C24H18BrNO3S/c1-30-18-10-7-15(8-11-18)14-26-22(24(28)29)21(16-5-3-2-4-6-16)20-13-17(25)9-12-19(20)23(26)27/h2-13H,14H2,1H3,(H,28,29). The molecule has 1 aromatic heterocycles. The van der Waals surface area contributed by atoms with E-state index in [0.29, 0.717) is 16.3 Å². The quantitative estimate of drug-likeness (QED) is 0.362. The van der Waals surface area contributed by atoms with Gasteiger partial charge < -0.3 is 5.11 Å². The first-order valence-electron chi connectivity index (χ1n) is 9.27. The second kappa shape index (κ2) is 8.50. The van der Waals surface area contributed by atoms with Crippen LogP contribution >= 0.6 is 27.7 Å². The minimum absolute atomic E-state index is 0.00857. The SMILES string of the molecule is CSc1ccc(Cn2c(C(=O)O)c(-c3ccccc3)c3cc(Br)ccc3c2=O)cc1. The highest BCUT2D eigenvalue weighted by atomic mass is 79.9. The van der Waals surface area contributed by atoms with Crippen molar-refractivity contribution in [1.29, 1.82) is 0 Å². The number of aromatic carboxylic acids is 1. The van der Waals surface area contributed by atoms with E-state index in [-0.39, 0.29) is 17.8 Å². The second-order valence-corrected chi connectivity index (χ2v) is 8.62. The number of hydrogen-bond acceptors (Lipinski definition) is 3. The van der Waals surface area contributed by atoms with Crippen molar-refractivity contribution < 1.29 is 9.90 Å². The fourth-order valence-corrected chi connectivity index (χ4v) is 4.37. The Morgan fingerprint density at radius 1 is 1.00 bits per heavy atom. The van der Waals surface area contributed by atoms with E-state index in [1.807, 2.05) is 66.9 Å². The molecule has 4 rings (SSSR count). The molecule has 0 spiro atoms. The number of pyridine rings is 1. The summed E-state index contributed by atoms with van der Waals surface area (Å²) in [5, 5.41) is 11.3. The van der Waals surface area contributed by atoms with Gasteiger partial charge in [0.1, 0.15) is 5.69 Å². The first kappa shape index (κ1) is 20.4. The number of hydrogen-bond donors (Lipinski definition) is 1. The molecule has 1 heterocycles. The Morgan fingerprint density at radius 3 is 2.33 bits per heavy atom. The van der Waals surface area contributed by atoms with E-state index in [0.717, 1.165) is 20.5 Å². The van der Waals surface area contributed by atoms with E-state index < -0.39 is 5.97 Å². The van der Waals surface area contributed by atoms with Crippen LogP contribution in [0.1, 0.15) is 16.1 Å². The lowest BCUT2D eigenvalue weighted by molar-refractivity contribution is 0.0685. The third-order valence-corrected chi connectivity index (χ3v) is 6.23. The van der Waals surface area contributed by atoms with Gasteiger partial charge in [-0.1, -0.05) is 58.4 Å². The third-order valence-electron chi connectivity index (χ3n) is 5.00. The van der Waals surface area contributed by atoms with Gasteiger partial charge in [0.2, 0.25) is 0 Å². The Labute approximate surface area is 186 Å². The van der Waals surface area contributed by atoms with E-state index in [2.05, 4.69) is 15.9 Å². The molecule has 4 aromatic rings. The van der Waals surface area contributed by atoms with Crippen molar-refractivity contribution in [2.45, 2.75) is 11.4 Å². The summed E-state index contributed by atoms with van der Waals surface area (Å²) in [5.74, 6) is -1.13. The normalized spacial score (nSPS) is 11.0. The van der Waals surface area contributed by atoms with Gasteiger partial charge >= 0.3 is 5.97 Å². The molecule has 0 amide bonds. The molecule has 150 valence electrons. The second-order valence-electron chi connectivity index (χ2n) is 6.82.